The van der Waals surface area contributed by atoms with E-state index in [1.807, 2.05) is 30.6 Å². The first-order valence-corrected chi connectivity index (χ1v) is 9.65. The highest BCUT2D eigenvalue weighted by Crippen LogP contribution is 2.30. The van der Waals surface area contributed by atoms with Crippen LogP contribution < -0.4 is 10.1 Å². The Morgan fingerprint density at radius 1 is 1.40 bits per heavy atom. The summed E-state index contributed by atoms with van der Waals surface area (Å²) >= 11 is 1.60. The van der Waals surface area contributed by atoms with Gasteiger partial charge in [0.1, 0.15) is 17.4 Å². The molecule has 2 amide bonds. The second-order valence-corrected chi connectivity index (χ2v) is 8.21. The molecule has 6 nitrogen and oxygen atoms in total. The largest absolute Gasteiger partial charge is 0.484 e. The lowest BCUT2D eigenvalue weighted by Crippen LogP contribution is -2.60. The summed E-state index contributed by atoms with van der Waals surface area (Å²) in [4.78, 5) is 18.4. The number of thiazole rings is 1. The van der Waals surface area contributed by atoms with Crippen molar-refractivity contribution in [3.63, 3.8) is 0 Å². The van der Waals surface area contributed by atoms with Crippen molar-refractivity contribution in [1.29, 1.82) is 0 Å². The molecule has 0 bridgehead atoms. The van der Waals surface area contributed by atoms with Gasteiger partial charge in [0.05, 0.1) is 28.9 Å². The summed E-state index contributed by atoms with van der Waals surface area (Å²) in [6.07, 6.45) is 3.16. The van der Waals surface area contributed by atoms with E-state index in [2.05, 4.69) is 10.3 Å². The molecule has 0 unspecified atom stereocenters. The van der Waals surface area contributed by atoms with E-state index in [0.717, 1.165) is 41.6 Å². The number of nitrogens with one attached hydrogen (secondary N) is 1. The van der Waals surface area contributed by atoms with Crippen LogP contribution in [-0.2, 0) is 0 Å². The number of rotatable bonds is 3. The van der Waals surface area contributed by atoms with Gasteiger partial charge in [0.25, 0.3) is 0 Å². The molecule has 134 valence electrons. The SMILES string of the molecule is C[C@]1(O)CC[C@H](NC(=O)N2CC(Oc3cccc4scnc34)C2)CC1. The number of benzene rings is 1. The van der Waals surface area contributed by atoms with Gasteiger partial charge in [-0.3, -0.25) is 0 Å². The molecule has 4 rings (SSSR count). The molecular weight excluding hydrogens is 338 g/mol. The first-order chi connectivity index (χ1) is 12.0. The molecule has 2 aliphatic rings. The summed E-state index contributed by atoms with van der Waals surface area (Å²) in [5, 5.41) is 13.1. The summed E-state index contributed by atoms with van der Waals surface area (Å²) in [6, 6.07) is 6.06. The Hall–Kier alpha value is -1.86. The zero-order chi connectivity index (χ0) is 17.4. The van der Waals surface area contributed by atoms with Crippen LogP contribution in [0.4, 0.5) is 4.79 Å². The molecule has 1 aromatic carbocycles. The fourth-order valence-corrected chi connectivity index (χ4v) is 4.16. The Kier molecular flexibility index (Phi) is 4.29. The van der Waals surface area contributed by atoms with Crippen molar-refractivity contribution in [2.24, 2.45) is 0 Å². The van der Waals surface area contributed by atoms with Crippen molar-refractivity contribution >= 4 is 27.6 Å². The van der Waals surface area contributed by atoms with Crippen LogP contribution in [0.25, 0.3) is 10.2 Å². The lowest BCUT2D eigenvalue weighted by Gasteiger charge is -2.40. The number of carbonyl (C=O) groups excluding carboxylic acids is 1. The number of likely N-dealkylation sites (tertiary alicyclic amines) is 1. The summed E-state index contributed by atoms with van der Waals surface area (Å²) in [5.74, 6) is 0.790. The molecular formula is C18H23N3O3S. The number of urea groups is 1. The maximum Gasteiger partial charge on any atom is 0.317 e. The molecule has 2 heterocycles. The smallest absolute Gasteiger partial charge is 0.317 e. The maximum atomic E-state index is 12.3. The molecule has 0 radical (unpaired) electrons. The highest BCUT2D eigenvalue weighted by molar-refractivity contribution is 7.16. The zero-order valence-electron chi connectivity index (χ0n) is 14.3. The molecule has 1 aliphatic heterocycles. The summed E-state index contributed by atoms with van der Waals surface area (Å²) in [6.45, 7) is 3.05. The van der Waals surface area contributed by atoms with E-state index in [4.69, 9.17) is 4.74 Å². The van der Waals surface area contributed by atoms with Gasteiger partial charge in [-0.15, -0.1) is 11.3 Å². The molecule has 2 aromatic rings. The van der Waals surface area contributed by atoms with Crippen molar-refractivity contribution in [1.82, 2.24) is 15.2 Å². The van der Waals surface area contributed by atoms with Gasteiger partial charge in [-0.05, 0) is 44.7 Å². The molecule has 0 atom stereocenters. The molecule has 1 aromatic heterocycles. The number of nitrogens with zero attached hydrogens (tertiary/aromatic N) is 2. The number of para-hydroxylation sites is 1. The van der Waals surface area contributed by atoms with E-state index in [-0.39, 0.29) is 18.2 Å². The molecule has 2 fully saturated rings. The van der Waals surface area contributed by atoms with E-state index in [0.29, 0.717) is 13.1 Å². The predicted molar refractivity (Wildman–Crippen MR) is 97.0 cm³/mol. The first kappa shape index (κ1) is 16.6. The molecule has 0 spiro atoms. The summed E-state index contributed by atoms with van der Waals surface area (Å²) in [7, 11) is 0. The number of amides is 2. The van der Waals surface area contributed by atoms with Gasteiger partial charge in [-0.1, -0.05) is 6.07 Å². The van der Waals surface area contributed by atoms with E-state index >= 15 is 0 Å². The Balaban J connectivity index is 1.26. The van der Waals surface area contributed by atoms with Gasteiger partial charge in [-0.2, -0.15) is 0 Å². The zero-order valence-corrected chi connectivity index (χ0v) is 15.1. The average Bonchev–Trinajstić information content (AvgIpc) is 3.01. The predicted octanol–water partition coefficient (Wildman–Crippen LogP) is 2.76. The fourth-order valence-electron chi connectivity index (χ4n) is 3.46. The molecule has 1 saturated heterocycles. The lowest BCUT2D eigenvalue weighted by atomic mass is 9.84. The number of ether oxygens (including phenoxy) is 1. The van der Waals surface area contributed by atoms with Gasteiger partial charge in [-0.25, -0.2) is 9.78 Å². The molecule has 25 heavy (non-hydrogen) atoms. The Morgan fingerprint density at radius 3 is 2.92 bits per heavy atom. The lowest BCUT2D eigenvalue weighted by molar-refractivity contribution is 0.0119. The summed E-state index contributed by atoms with van der Waals surface area (Å²) in [5.41, 5.74) is 2.14. The van der Waals surface area contributed by atoms with Gasteiger partial charge in [0.2, 0.25) is 0 Å². The minimum Gasteiger partial charge on any atom is -0.484 e. The molecule has 1 saturated carbocycles. The van der Waals surface area contributed by atoms with Gasteiger partial charge >= 0.3 is 6.03 Å². The first-order valence-electron chi connectivity index (χ1n) is 8.77. The van der Waals surface area contributed by atoms with E-state index in [1.165, 1.54) is 0 Å². The van der Waals surface area contributed by atoms with Gasteiger partial charge in [0, 0.05) is 6.04 Å². The van der Waals surface area contributed by atoms with Crippen LogP contribution in [-0.4, -0.2) is 51.9 Å². The van der Waals surface area contributed by atoms with E-state index < -0.39 is 5.60 Å². The maximum absolute atomic E-state index is 12.3. The van der Waals surface area contributed by atoms with Gasteiger partial charge < -0.3 is 20.1 Å². The third-order valence-electron chi connectivity index (χ3n) is 5.14. The Bertz CT molecular complexity index is 760. The van der Waals surface area contributed by atoms with Crippen molar-refractivity contribution in [3.05, 3.63) is 23.7 Å². The normalized spacial score (nSPS) is 27.1. The van der Waals surface area contributed by atoms with Crippen LogP contribution in [0.3, 0.4) is 0 Å². The minimum atomic E-state index is -0.576. The second kappa shape index (κ2) is 6.46. The fraction of sp³-hybridized carbons (Fsp3) is 0.556. The molecule has 1 aliphatic carbocycles. The van der Waals surface area contributed by atoms with Crippen LogP contribution in [0.15, 0.2) is 23.7 Å². The van der Waals surface area contributed by atoms with Crippen LogP contribution in [0.1, 0.15) is 32.6 Å². The van der Waals surface area contributed by atoms with E-state index in [9.17, 15) is 9.90 Å². The number of carbonyl (C=O) groups is 1. The van der Waals surface area contributed by atoms with Crippen molar-refractivity contribution in [2.45, 2.75) is 50.4 Å². The number of aliphatic hydroxyl groups is 1. The number of fused-ring (bicyclic) bond motifs is 1. The Labute approximate surface area is 150 Å². The van der Waals surface area contributed by atoms with Crippen molar-refractivity contribution in [2.75, 3.05) is 13.1 Å². The number of hydrogen-bond acceptors (Lipinski definition) is 5. The van der Waals surface area contributed by atoms with Crippen LogP contribution >= 0.6 is 11.3 Å². The second-order valence-electron chi connectivity index (χ2n) is 7.32. The third-order valence-corrected chi connectivity index (χ3v) is 5.94. The topological polar surface area (TPSA) is 74.7 Å². The summed E-state index contributed by atoms with van der Waals surface area (Å²) < 4.78 is 7.12. The van der Waals surface area contributed by atoms with Crippen LogP contribution in [0, 0.1) is 0 Å². The highest BCUT2D eigenvalue weighted by atomic mass is 32.1. The monoisotopic (exact) mass is 361 g/mol. The minimum absolute atomic E-state index is 0.0186. The third kappa shape index (κ3) is 3.57. The standard InChI is InChI=1S/C18H23N3O3S/c1-18(23)7-5-12(6-8-18)20-17(22)21-9-13(10-21)24-14-3-2-4-15-16(14)19-11-25-15/h2-4,11-13,23H,5-10H2,1H3,(H,20,22)/t12-,18-. The molecule has 2 N–H and O–H groups in total. The van der Waals surface area contributed by atoms with E-state index in [1.54, 1.807) is 16.2 Å². The van der Waals surface area contributed by atoms with Gasteiger partial charge in [0.15, 0.2) is 0 Å². The van der Waals surface area contributed by atoms with Crippen LogP contribution in [0.2, 0.25) is 0 Å². The Morgan fingerprint density at radius 2 is 2.16 bits per heavy atom. The average molecular weight is 361 g/mol. The number of aromatic nitrogens is 1. The van der Waals surface area contributed by atoms with Crippen LogP contribution in [0.5, 0.6) is 5.75 Å². The number of hydrogen-bond donors (Lipinski definition) is 2. The quantitative estimate of drug-likeness (QED) is 0.881. The molecule has 7 heteroatoms. The highest BCUT2D eigenvalue weighted by Gasteiger charge is 2.35. The van der Waals surface area contributed by atoms with Crippen molar-refractivity contribution in [3.8, 4) is 5.75 Å². The van der Waals surface area contributed by atoms with Crippen molar-refractivity contribution < 1.29 is 14.6 Å².